The van der Waals surface area contributed by atoms with E-state index in [-0.39, 0.29) is 74.8 Å². The zero-order valence-corrected chi connectivity index (χ0v) is 71.4. The van der Waals surface area contributed by atoms with Crippen LogP contribution in [0.25, 0.3) is 0 Å². The lowest BCUT2D eigenvalue weighted by Crippen LogP contribution is -2.17. The molecule has 0 aliphatic rings. The quantitative estimate of drug-likeness (QED) is 0.105. The van der Waals surface area contributed by atoms with Crippen LogP contribution in [0.15, 0.2) is 97.1 Å². The molecular weight excluding hydrogens is 1610 g/mol. The Bertz CT molecular complexity index is 3420. The van der Waals surface area contributed by atoms with Gasteiger partial charge in [-0.2, -0.15) is 0 Å². The maximum Gasteiger partial charge on any atom is 0.165 e. The summed E-state index contributed by atoms with van der Waals surface area (Å²) in [6.07, 6.45) is 0. The van der Waals surface area contributed by atoms with Crippen molar-refractivity contribution < 1.29 is 52.7 Å². The lowest BCUT2D eigenvalue weighted by Gasteiger charge is -2.22. The highest BCUT2D eigenvalue weighted by molar-refractivity contribution is 6.44. The summed E-state index contributed by atoms with van der Waals surface area (Å²) in [5, 5.41) is 3.79. The molecule has 0 bridgehead atoms. The van der Waals surface area contributed by atoms with Crippen LogP contribution in [0, 0.1) is 69.8 Å². The Morgan fingerprint density at radius 1 is 0.154 bits per heavy atom. The van der Waals surface area contributed by atoms with Crippen molar-refractivity contribution in [2.24, 2.45) is 0 Å². The molecule has 0 saturated heterocycles. The van der Waals surface area contributed by atoms with Gasteiger partial charge < -0.3 is 0 Å². The highest BCUT2D eigenvalue weighted by Crippen LogP contribution is 2.42. The average Bonchev–Trinajstić information content (AvgIpc) is 0.877. The normalized spacial score (nSPS) is 11.8. The Balaban J connectivity index is 0.000000594. The van der Waals surface area contributed by atoms with Crippen molar-refractivity contribution in [3.05, 3.63) is 272 Å². The molecule has 0 radical (unpaired) electrons. The van der Waals surface area contributed by atoms with E-state index in [2.05, 4.69) is 20.8 Å². The molecule has 0 saturated carbocycles. The summed E-state index contributed by atoms with van der Waals surface area (Å²) in [5.41, 5.74) is -0.423. The summed E-state index contributed by atoms with van der Waals surface area (Å²) in [5.74, 6) is -7.88. The largest absolute Gasteiger partial charge is 0.207 e. The number of rotatable bonds is 0. The van der Waals surface area contributed by atoms with Gasteiger partial charge in [-0.1, -0.05) is 305 Å². The Kier molecular flexibility index (Phi) is 37.2. The standard InChI is InChI=1S/C10H11Cl3.3C10H11Cl2F.3C10H11ClF2.C10H11F3/c1-10(2,3)8-6(11)4-5-7(12)9(8)13;1-10(2,3)8-7(13)5-4-6(11)9(8)12;1-10(2,3)8-6(11)4-5-7(13)9(8)12;1-10(2,3)8-6(11)4-5-7(12)9(8)13;1-10(2,3)8-7(12)5-4-6(11)9(8)13;1-10(2,3)8-6(12)4-5-7(13)9(8)11;2*1-10(2,3)8-6(11)4-5-7(12)9(8)13/h8*4-5H,1-3H3. The van der Waals surface area contributed by atoms with Gasteiger partial charge in [-0.25, -0.2) is 52.7 Å². The molecule has 0 aliphatic carbocycles. The topological polar surface area (TPSA) is 0 Å². The van der Waals surface area contributed by atoms with Crippen LogP contribution in [0.3, 0.4) is 0 Å². The van der Waals surface area contributed by atoms with Gasteiger partial charge in [-0.3, -0.25) is 0 Å². The van der Waals surface area contributed by atoms with Gasteiger partial charge in [0.25, 0.3) is 0 Å². The minimum atomic E-state index is -1.09. The molecule has 576 valence electrons. The minimum Gasteiger partial charge on any atom is -0.207 e. The van der Waals surface area contributed by atoms with Crippen LogP contribution in [0.2, 0.25) is 60.3 Å². The highest BCUT2D eigenvalue weighted by atomic mass is 35.5. The van der Waals surface area contributed by atoms with Gasteiger partial charge in [0.05, 0.1) is 40.2 Å². The summed E-state index contributed by atoms with van der Waals surface area (Å²) in [4.78, 5) is 0. The third-order valence-corrected chi connectivity index (χ3v) is 18.5. The van der Waals surface area contributed by atoms with Crippen LogP contribution in [0.5, 0.6) is 0 Å². The molecule has 0 N–H and O–H groups in total. The summed E-state index contributed by atoms with van der Waals surface area (Å²) >= 11 is 70.0. The molecule has 8 aromatic carbocycles. The maximum atomic E-state index is 13.5. The second kappa shape index (κ2) is 39.3. The number of hydrogen-bond acceptors (Lipinski definition) is 0. The van der Waals surface area contributed by atoms with Gasteiger partial charge in [0.1, 0.15) is 46.5 Å². The Labute approximate surface area is 667 Å². The number of halogens is 24. The molecule has 0 aromatic heterocycles. The van der Waals surface area contributed by atoms with Crippen molar-refractivity contribution in [1.29, 1.82) is 0 Å². The summed E-state index contributed by atoms with van der Waals surface area (Å²) < 4.78 is 158. The first-order valence-corrected chi connectivity index (χ1v) is 36.4. The zero-order chi connectivity index (χ0) is 81.8. The van der Waals surface area contributed by atoms with Crippen molar-refractivity contribution in [3.63, 3.8) is 0 Å². The number of hydrogen-bond donors (Lipinski definition) is 0. The third-order valence-electron chi connectivity index (χ3n) is 14.4. The summed E-state index contributed by atoms with van der Waals surface area (Å²) in [6.45, 7) is 44.2. The smallest absolute Gasteiger partial charge is 0.165 e. The van der Waals surface area contributed by atoms with E-state index in [0.717, 1.165) is 35.9 Å². The van der Waals surface area contributed by atoms with Crippen LogP contribution < -0.4 is 0 Å². The van der Waals surface area contributed by atoms with E-state index in [4.69, 9.17) is 139 Å². The molecule has 104 heavy (non-hydrogen) atoms. The van der Waals surface area contributed by atoms with Crippen LogP contribution in [0.4, 0.5) is 52.7 Å². The van der Waals surface area contributed by atoms with E-state index >= 15 is 0 Å². The van der Waals surface area contributed by atoms with Crippen LogP contribution >= 0.6 is 139 Å². The number of benzene rings is 8. The first kappa shape index (κ1) is 98.4. The Morgan fingerprint density at radius 3 is 0.587 bits per heavy atom. The van der Waals surface area contributed by atoms with Crippen molar-refractivity contribution in [3.8, 4) is 0 Å². The Hall–Kier alpha value is -3.60. The third kappa shape index (κ3) is 28.7. The first-order chi connectivity index (χ1) is 46.7. The Morgan fingerprint density at radius 2 is 0.317 bits per heavy atom. The molecule has 8 aromatic rings. The second-order valence-electron chi connectivity index (χ2n) is 31.7. The molecular formula is C80H88Cl12F12. The molecule has 0 nitrogen and oxygen atoms in total. The fourth-order valence-electron chi connectivity index (χ4n) is 9.72. The van der Waals surface area contributed by atoms with Crippen molar-refractivity contribution in [1.82, 2.24) is 0 Å². The second-order valence-corrected chi connectivity index (χ2v) is 36.5. The van der Waals surface area contributed by atoms with Gasteiger partial charge in [-0.15, -0.1) is 0 Å². The molecule has 0 unspecified atom stereocenters. The zero-order valence-electron chi connectivity index (χ0n) is 62.3. The van der Waals surface area contributed by atoms with Gasteiger partial charge in [0.2, 0.25) is 0 Å². The molecule has 24 heteroatoms. The molecule has 0 aliphatic heterocycles. The molecule has 0 spiro atoms. The molecule has 8 rings (SSSR count). The maximum absolute atomic E-state index is 13.5. The van der Waals surface area contributed by atoms with Crippen molar-refractivity contribution >= 4 is 139 Å². The van der Waals surface area contributed by atoms with E-state index in [1.807, 2.05) is 62.3 Å². The lowest BCUT2D eigenvalue weighted by atomic mass is 9.86. The van der Waals surface area contributed by atoms with Gasteiger partial charge in [0, 0.05) is 53.5 Å². The monoisotopic (exact) mass is 1700 g/mol. The molecule has 0 heterocycles. The van der Waals surface area contributed by atoms with E-state index < -0.39 is 85.6 Å². The van der Waals surface area contributed by atoms with Crippen molar-refractivity contribution in [2.45, 2.75) is 209 Å². The summed E-state index contributed by atoms with van der Waals surface area (Å²) in [7, 11) is 0. The van der Waals surface area contributed by atoms with Gasteiger partial charge in [0.15, 0.2) is 23.3 Å². The molecule has 0 fully saturated rings. The van der Waals surface area contributed by atoms with Crippen molar-refractivity contribution in [2.75, 3.05) is 0 Å². The average molecular weight is 1700 g/mol. The fraction of sp³-hybridized carbons (Fsp3) is 0.400. The highest BCUT2D eigenvalue weighted by Gasteiger charge is 2.30. The fourth-order valence-corrected chi connectivity index (χ4v) is 14.0. The van der Waals surface area contributed by atoms with Gasteiger partial charge >= 0.3 is 0 Å². The predicted octanol–water partition coefficient (Wildman–Crippen LogP) is 33.4. The minimum absolute atomic E-state index is 0.0358. The van der Waals surface area contributed by atoms with Crippen LogP contribution in [0.1, 0.15) is 211 Å². The van der Waals surface area contributed by atoms with E-state index in [1.165, 1.54) is 48.5 Å². The predicted molar refractivity (Wildman–Crippen MR) is 421 cm³/mol. The van der Waals surface area contributed by atoms with Crippen LogP contribution in [-0.4, -0.2) is 0 Å². The lowest BCUT2D eigenvalue weighted by molar-refractivity contribution is 0.436. The first-order valence-electron chi connectivity index (χ1n) is 31.8. The van der Waals surface area contributed by atoms with Crippen LogP contribution in [-0.2, 0) is 43.3 Å². The molecule has 0 atom stereocenters. The molecule has 0 amide bonds. The SMILES string of the molecule is CC(C)(C)c1c(Cl)ccc(Cl)c1Cl.CC(C)(C)c1c(Cl)ccc(Cl)c1F.CC(C)(C)c1c(Cl)ccc(F)c1Cl.CC(C)(C)c1c(Cl)ccc(F)c1F.CC(C)(C)c1c(F)ccc(Cl)c1Cl.CC(C)(C)c1c(F)ccc(Cl)c1F.CC(C)(C)c1c(F)ccc(F)c1Cl.CC(C)(C)c1c(F)ccc(F)c1F. The van der Waals surface area contributed by atoms with E-state index in [9.17, 15) is 52.7 Å². The van der Waals surface area contributed by atoms with Gasteiger partial charge in [-0.05, 0) is 152 Å². The summed E-state index contributed by atoms with van der Waals surface area (Å²) in [6, 6.07) is 20.9. The van der Waals surface area contributed by atoms with E-state index in [1.54, 1.807) is 101 Å². The van der Waals surface area contributed by atoms with E-state index in [0.29, 0.717) is 51.8 Å².